The Morgan fingerprint density at radius 1 is 1.75 bits per heavy atom. The molecule has 0 saturated heterocycles. The second kappa shape index (κ2) is 5.82. The molecular formula is C6H12BrN3O2. The molecule has 0 heterocycles. The van der Waals surface area contributed by atoms with Crippen LogP contribution in [0.15, 0.2) is 0 Å². The number of alkyl halides is 1. The standard InChI is InChI=1S/C6H12BrN3O2/c7-4(5(11)12)2-1-3-10-6(8)9/h4H,1-3H2,(H,11,12)(H4,8,9,10)/t4-/m0/s1. The zero-order valence-electron chi connectivity index (χ0n) is 6.51. The first-order chi connectivity index (χ1) is 5.54. The molecule has 70 valence electrons. The molecule has 0 rings (SSSR count). The smallest absolute Gasteiger partial charge is 0.317 e. The van der Waals surface area contributed by atoms with E-state index < -0.39 is 10.8 Å². The van der Waals surface area contributed by atoms with Crippen LogP contribution >= 0.6 is 15.9 Å². The third-order valence-corrected chi connectivity index (χ3v) is 2.07. The third-order valence-electron chi connectivity index (χ3n) is 1.22. The molecule has 0 spiro atoms. The molecule has 0 aliphatic heterocycles. The summed E-state index contributed by atoms with van der Waals surface area (Å²) in [7, 11) is 0. The van der Waals surface area contributed by atoms with Gasteiger partial charge in [-0.15, -0.1) is 0 Å². The molecule has 12 heavy (non-hydrogen) atoms. The van der Waals surface area contributed by atoms with E-state index in [4.69, 9.17) is 16.2 Å². The number of guanidine groups is 1. The van der Waals surface area contributed by atoms with Gasteiger partial charge in [-0.2, -0.15) is 0 Å². The van der Waals surface area contributed by atoms with Crippen LogP contribution in [-0.4, -0.2) is 28.4 Å². The van der Waals surface area contributed by atoms with Gasteiger partial charge in [-0.25, -0.2) is 0 Å². The first kappa shape index (κ1) is 11.2. The molecular weight excluding hydrogens is 226 g/mol. The Hall–Kier alpha value is -0.780. The zero-order chi connectivity index (χ0) is 9.56. The first-order valence-corrected chi connectivity index (χ1v) is 4.40. The number of carboxylic acids is 1. The van der Waals surface area contributed by atoms with Crippen LogP contribution in [0.1, 0.15) is 12.8 Å². The van der Waals surface area contributed by atoms with E-state index in [1.54, 1.807) is 0 Å². The van der Waals surface area contributed by atoms with Crippen LogP contribution in [0, 0.1) is 5.41 Å². The Morgan fingerprint density at radius 2 is 2.33 bits per heavy atom. The molecule has 0 aliphatic rings. The average Bonchev–Trinajstić information content (AvgIpc) is 1.97. The molecule has 5 N–H and O–H groups in total. The van der Waals surface area contributed by atoms with Crippen molar-refractivity contribution in [1.82, 2.24) is 5.32 Å². The first-order valence-electron chi connectivity index (χ1n) is 3.49. The Morgan fingerprint density at radius 3 is 2.75 bits per heavy atom. The van der Waals surface area contributed by atoms with Gasteiger partial charge >= 0.3 is 5.97 Å². The maximum atomic E-state index is 10.3. The predicted octanol–water partition coefficient (Wildman–Crippen LogP) is 0.0978. The summed E-state index contributed by atoms with van der Waals surface area (Å²) in [6.45, 7) is 0.532. The second-order valence-electron chi connectivity index (χ2n) is 2.29. The van der Waals surface area contributed by atoms with Crippen molar-refractivity contribution in [1.29, 1.82) is 5.41 Å². The van der Waals surface area contributed by atoms with E-state index in [0.717, 1.165) is 0 Å². The number of nitrogens with two attached hydrogens (primary N) is 1. The maximum absolute atomic E-state index is 10.3. The van der Waals surface area contributed by atoms with Crippen LogP contribution < -0.4 is 11.1 Å². The van der Waals surface area contributed by atoms with Gasteiger partial charge in [-0.05, 0) is 12.8 Å². The Labute approximate surface area is 79.0 Å². The van der Waals surface area contributed by atoms with Gasteiger partial charge in [0.05, 0.1) is 0 Å². The van der Waals surface area contributed by atoms with Crippen molar-refractivity contribution in [2.24, 2.45) is 5.73 Å². The molecule has 0 fully saturated rings. The van der Waals surface area contributed by atoms with Gasteiger partial charge in [-0.3, -0.25) is 10.2 Å². The molecule has 6 heteroatoms. The van der Waals surface area contributed by atoms with E-state index in [1.165, 1.54) is 0 Å². The molecule has 1 atom stereocenters. The SMILES string of the molecule is N=C(N)NCCC[C@H](Br)C(=O)O. The summed E-state index contributed by atoms with van der Waals surface area (Å²) in [6, 6.07) is 0. The fraction of sp³-hybridized carbons (Fsp3) is 0.667. The van der Waals surface area contributed by atoms with Crippen LogP contribution in [0.5, 0.6) is 0 Å². The number of nitrogens with one attached hydrogen (secondary N) is 2. The lowest BCUT2D eigenvalue weighted by Crippen LogP contribution is -2.31. The summed E-state index contributed by atoms with van der Waals surface area (Å²) < 4.78 is 0. The van der Waals surface area contributed by atoms with Crippen LogP contribution in [0.2, 0.25) is 0 Å². The van der Waals surface area contributed by atoms with Crippen molar-refractivity contribution in [2.45, 2.75) is 17.7 Å². The number of halogens is 1. The second-order valence-corrected chi connectivity index (χ2v) is 3.39. The lowest BCUT2D eigenvalue weighted by atomic mass is 10.2. The normalized spacial score (nSPS) is 12.1. The van der Waals surface area contributed by atoms with E-state index >= 15 is 0 Å². The Balaban J connectivity index is 3.31. The summed E-state index contributed by atoms with van der Waals surface area (Å²) in [5.74, 6) is -0.950. The van der Waals surface area contributed by atoms with Crippen LogP contribution in [0.3, 0.4) is 0 Å². The van der Waals surface area contributed by atoms with E-state index in [9.17, 15) is 4.79 Å². The molecule has 0 aromatic heterocycles. The minimum Gasteiger partial charge on any atom is -0.480 e. The molecule has 0 aromatic carbocycles. The number of carboxylic acid groups (broad SMARTS) is 1. The van der Waals surface area contributed by atoms with Crippen molar-refractivity contribution in [3.8, 4) is 0 Å². The lowest BCUT2D eigenvalue weighted by molar-refractivity contribution is -0.136. The van der Waals surface area contributed by atoms with E-state index in [2.05, 4.69) is 21.2 Å². The monoisotopic (exact) mass is 237 g/mol. The Bertz CT molecular complexity index is 174. The van der Waals surface area contributed by atoms with E-state index in [0.29, 0.717) is 19.4 Å². The van der Waals surface area contributed by atoms with E-state index in [1.807, 2.05) is 0 Å². The molecule has 0 amide bonds. The zero-order valence-corrected chi connectivity index (χ0v) is 8.10. The molecule has 0 unspecified atom stereocenters. The van der Waals surface area contributed by atoms with Gasteiger partial charge in [0.15, 0.2) is 5.96 Å². The quantitative estimate of drug-likeness (QED) is 0.236. The van der Waals surface area contributed by atoms with Crippen LogP contribution in [-0.2, 0) is 4.79 Å². The van der Waals surface area contributed by atoms with Gasteiger partial charge in [0.1, 0.15) is 4.83 Å². The van der Waals surface area contributed by atoms with Crippen LogP contribution in [0.4, 0.5) is 0 Å². The minimum atomic E-state index is -0.863. The van der Waals surface area contributed by atoms with Gasteiger partial charge in [-0.1, -0.05) is 15.9 Å². The number of carbonyl (C=O) groups is 1. The number of hydrogen-bond donors (Lipinski definition) is 4. The summed E-state index contributed by atoms with van der Waals surface area (Å²) in [4.78, 5) is 9.79. The molecule has 0 bridgehead atoms. The summed E-state index contributed by atoms with van der Waals surface area (Å²) in [5, 5.41) is 17.8. The third kappa shape index (κ3) is 5.96. The molecule has 5 nitrogen and oxygen atoms in total. The van der Waals surface area contributed by atoms with Crippen molar-refractivity contribution in [3.63, 3.8) is 0 Å². The fourth-order valence-corrected chi connectivity index (χ4v) is 0.952. The predicted molar refractivity (Wildman–Crippen MR) is 49.5 cm³/mol. The minimum absolute atomic E-state index is 0.0866. The van der Waals surface area contributed by atoms with Crippen molar-refractivity contribution < 1.29 is 9.90 Å². The van der Waals surface area contributed by atoms with Gasteiger partial charge in [0, 0.05) is 6.54 Å². The highest BCUT2D eigenvalue weighted by Crippen LogP contribution is 2.06. The molecule has 0 aromatic rings. The topological polar surface area (TPSA) is 99.2 Å². The summed E-state index contributed by atoms with van der Waals surface area (Å²) in [6.07, 6.45) is 1.19. The largest absolute Gasteiger partial charge is 0.480 e. The average molecular weight is 238 g/mol. The van der Waals surface area contributed by atoms with Gasteiger partial charge in [0.2, 0.25) is 0 Å². The Kier molecular flexibility index (Phi) is 5.44. The fourth-order valence-electron chi connectivity index (χ4n) is 0.628. The maximum Gasteiger partial charge on any atom is 0.317 e. The highest BCUT2D eigenvalue weighted by molar-refractivity contribution is 9.10. The molecule has 0 saturated carbocycles. The highest BCUT2D eigenvalue weighted by Gasteiger charge is 2.11. The van der Waals surface area contributed by atoms with E-state index in [-0.39, 0.29) is 5.96 Å². The van der Waals surface area contributed by atoms with Gasteiger partial charge < -0.3 is 16.2 Å². The van der Waals surface area contributed by atoms with Crippen LogP contribution in [0.25, 0.3) is 0 Å². The number of hydrogen-bond acceptors (Lipinski definition) is 2. The summed E-state index contributed by atoms with van der Waals surface area (Å²) in [5.41, 5.74) is 5.01. The molecule has 0 radical (unpaired) electrons. The summed E-state index contributed by atoms with van der Waals surface area (Å²) >= 11 is 3.00. The van der Waals surface area contributed by atoms with Crippen molar-refractivity contribution in [2.75, 3.05) is 6.54 Å². The number of aliphatic carboxylic acids is 1. The van der Waals surface area contributed by atoms with Gasteiger partial charge in [0.25, 0.3) is 0 Å². The highest BCUT2D eigenvalue weighted by atomic mass is 79.9. The molecule has 0 aliphatic carbocycles. The number of rotatable bonds is 5. The van der Waals surface area contributed by atoms with Crippen molar-refractivity contribution in [3.05, 3.63) is 0 Å². The van der Waals surface area contributed by atoms with Crippen molar-refractivity contribution >= 4 is 27.9 Å². The lowest BCUT2D eigenvalue weighted by Gasteiger charge is -2.05.